The lowest BCUT2D eigenvalue weighted by Crippen LogP contribution is -2.15. The van der Waals surface area contributed by atoms with Crippen molar-refractivity contribution in [2.45, 2.75) is 12.5 Å². The van der Waals surface area contributed by atoms with Crippen molar-refractivity contribution in [3.8, 4) is 11.5 Å². The fraction of sp³-hybridized carbons (Fsp3) is 0.455. The van der Waals surface area contributed by atoms with Gasteiger partial charge < -0.3 is 20.9 Å². The van der Waals surface area contributed by atoms with Gasteiger partial charge in [0, 0.05) is 6.04 Å². The molecule has 0 heterocycles. The van der Waals surface area contributed by atoms with E-state index < -0.39 is 0 Å². The van der Waals surface area contributed by atoms with Gasteiger partial charge >= 0.3 is 0 Å². The number of benzene rings is 1. The first-order chi connectivity index (χ1) is 7.22. The standard InChI is InChI=1S/C11H18N2O2.ClH/c1-14-10-4-3-8(7-11(10)15-2)9(13)5-6-12;/h3-4,7,9H,5-6,12-13H2,1-2H3;1H/t9-;/m0./s1. The van der Waals surface area contributed by atoms with Gasteiger partial charge in [0.15, 0.2) is 11.5 Å². The summed E-state index contributed by atoms with van der Waals surface area (Å²) in [7, 11) is 3.22. The summed E-state index contributed by atoms with van der Waals surface area (Å²) >= 11 is 0. The summed E-state index contributed by atoms with van der Waals surface area (Å²) in [5.41, 5.74) is 12.4. The minimum atomic E-state index is -0.0465. The average molecular weight is 247 g/mol. The van der Waals surface area contributed by atoms with Crippen LogP contribution in [0.4, 0.5) is 0 Å². The Morgan fingerprint density at radius 1 is 1.19 bits per heavy atom. The van der Waals surface area contributed by atoms with Crippen LogP contribution in [-0.4, -0.2) is 20.8 Å². The summed E-state index contributed by atoms with van der Waals surface area (Å²) in [6.45, 7) is 0.579. The fourth-order valence-electron chi connectivity index (χ4n) is 1.43. The van der Waals surface area contributed by atoms with Crippen molar-refractivity contribution < 1.29 is 9.47 Å². The fourth-order valence-corrected chi connectivity index (χ4v) is 1.43. The van der Waals surface area contributed by atoms with Crippen molar-refractivity contribution in [3.63, 3.8) is 0 Å². The van der Waals surface area contributed by atoms with Crippen LogP contribution in [0.2, 0.25) is 0 Å². The van der Waals surface area contributed by atoms with Gasteiger partial charge in [0.1, 0.15) is 0 Å². The molecule has 0 aliphatic heterocycles. The third-order valence-electron chi connectivity index (χ3n) is 2.31. The third kappa shape index (κ3) is 3.56. The van der Waals surface area contributed by atoms with Crippen LogP contribution in [0.15, 0.2) is 18.2 Å². The molecule has 4 nitrogen and oxygen atoms in total. The molecule has 1 rings (SSSR count). The molecule has 0 spiro atoms. The Balaban J connectivity index is 0.00000225. The molecular formula is C11H19ClN2O2. The normalized spacial score (nSPS) is 11.5. The summed E-state index contributed by atoms with van der Waals surface area (Å²) < 4.78 is 10.3. The smallest absolute Gasteiger partial charge is 0.161 e. The van der Waals surface area contributed by atoms with Crippen molar-refractivity contribution in [1.82, 2.24) is 0 Å². The maximum atomic E-state index is 5.94. The second kappa shape index (κ2) is 7.33. The van der Waals surface area contributed by atoms with Crippen LogP contribution in [-0.2, 0) is 0 Å². The second-order valence-electron chi connectivity index (χ2n) is 3.30. The van der Waals surface area contributed by atoms with E-state index in [0.29, 0.717) is 18.0 Å². The van der Waals surface area contributed by atoms with Crippen LogP contribution in [0, 0.1) is 0 Å². The van der Waals surface area contributed by atoms with Crippen molar-refractivity contribution >= 4 is 12.4 Å². The Morgan fingerprint density at radius 2 is 1.81 bits per heavy atom. The molecule has 0 aromatic heterocycles. The molecule has 92 valence electrons. The Bertz CT molecular complexity index is 321. The van der Waals surface area contributed by atoms with E-state index in [1.165, 1.54) is 0 Å². The molecule has 0 saturated carbocycles. The van der Waals surface area contributed by atoms with Gasteiger partial charge in [0.05, 0.1) is 14.2 Å². The number of rotatable bonds is 5. The highest BCUT2D eigenvalue weighted by molar-refractivity contribution is 5.85. The topological polar surface area (TPSA) is 70.5 Å². The molecule has 0 saturated heterocycles. The number of nitrogens with two attached hydrogens (primary N) is 2. The van der Waals surface area contributed by atoms with E-state index in [-0.39, 0.29) is 18.4 Å². The molecule has 1 aromatic carbocycles. The predicted molar refractivity (Wildman–Crippen MR) is 67.4 cm³/mol. The maximum Gasteiger partial charge on any atom is 0.161 e. The van der Waals surface area contributed by atoms with Crippen LogP contribution in [0.3, 0.4) is 0 Å². The molecule has 0 unspecified atom stereocenters. The summed E-state index contributed by atoms with van der Waals surface area (Å²) in [5.74, 6) is 1.41. The summed E-state index contributed by atoms with van der Waals surface area (Å²) in [5, 5.41) is 0. The van der Waals surface area contributed by atoms with Crippen LogP contribution < -0.4 is 20.9 Å². The van der Waals surface area contributed by atoms with Crippen LogP contribution >= 0.6 is 12.4 Å². The van der Waals surface area contributed by atoms with Gasteiger partial charge in [-0.05, 0) is 30.7 Å². The van der Waals surface area contributed by atoms with Crippen molar-refractivity contribution in [2.75, 3.05) is 20.8 Å². The molecule has 1 aromatic rings. The molecule has 1 atom stereocenters. The quantitative estimate of drug-likeness (QED) is 0.826. The molecule has 0 aliphatic rings. The zero-order valence-electron chi connectivity index (χ0n) is 9.60. The predicted octanol–water partition coefficient (Wildman–Crippen LogP) is 1.47. The molecule has 0 amide bonds. The monoisotopic (exact) mass is 246 g/mol. The second-order valence-corrected chi connectivity index (χ2v) is 3.30. The Kier molecular flexibility index (Phi) is 6.88. The average Bonchev–Trinajstić information content (AvgIpc) is 2.28. The number of methoxy groups -OCH3 is 2. The van der Waals surface area contributed by atoms with Crippen molar-refractivity contribution in [1.29, 1.82) is 0 Å². The summed E-state index contributed by atoms with van der Waals surface area (Å²) in [4.78, 5) is 0. The van der Waals surface area contributed by atoms with Crippen LogP contribution in [0.1, 0.15) is 18.0 Å². The van der Waals surface area contributed by atoms with Gasteiger partial charge in [0.2, 0.25) is 0 Å². The summed E-state index contributed by atoms with van der Waals surface area (Å²) in [6.07, 6.45) is 0.759. The molecule has 0 aliphatic carbocycles. The van der Waals surface area contributed by atoms with Gasteiger partial charge in [-0.3, -0.25) is 0 Å². The van der Waals surface area contributed by atoms with Gasteiger partial charge in [-0.1, -0.05) is 6.07 Å². The lowest BCUT2D eigenvalue weighted by molar-refractivity contribution is 0.354. The van der Waals surface area contributed by atoms with E-state index in [1.54, 1.807) is 14.2 Å². The van der Waals surface area contributed by atoms with E-state index in [1.807, 2.05) is 18.2 Å². The molecule has 0 radical (unpaired) electrons. The highest BCUT2D eigenvalue weighted by Crippen LogP contribution is 2.29. The zero-order valence-corrected chi connectivity index (χ0v) is 10.4. The van der Waals surface area contributed by atoms with E-state index in [0.717, 1.165) is 12.0 Å². The van der Waals surface area contributed by atoms with Crippen molar-refractivity contribution in [2.24, 2.45) is 11.5 Å². The molecule has 4 N–H and O–H groups in total. The molecular weight excluding hydrogens is 228 g/mol. The minimum Gasteiger partial charge on any atom is -0.493 e. The van der Waals surface area contributed by atoms with Gasteiger partial charge in [-0.2, -0.15) is 0 Å². The SMILES string of the molecule is COc1ccc([C@@H](N)CCN)cc1OC.Cl. The molecule has 0 fully saturated rings. The van der Waals surface area contributed by atoms with E-state index in [2.05, 4.69) is 0 Å². The van der Waals surface area contributed by atoms with E-state index in [9.17, 15) is 0 Å². The van der Waals surface area contributed by atoms with Gasteiger partial charge in [-0.15, -0.1) is 12.4 Å². The molecule has 5 heteroatoms. The van der Waals surface area contributed by atoms with Crippen LogP contribution in [0.5, 0.6) is 11.5 Å². The lowest BCUT2D eigenvalue weighted by atomic mass is 10.0. The number of hydrogen-bond acceptors (Lipinski definition) is 4. The first-order valence-electron chi connectivity index (χ1n) is 4.90. The first kappa shape index (κ1) is 15.0. The van der Waals surface area contributed by atoms with Crippen LogP contribution in [0.25, 0.3) is 0 Å². The van der Waals surface area contributed by atoms with Gasteiger partial charge in [0.25, 0.3) is 0 Å². The van der Waals surface area contributed by atoms with E-state index in [4.69, 9.17) is 20.9 Å². The molecule has 16 heavy (non-hydrogen) atoms. The number of ether oxygens (including phenoxy) is 2. The van der Waals surface area contributed by atoms with Crippen molar-refractivity contribution in [3.05, 3.63) is 23.8 Å². The van der Waals surface area contributed by atoms with E-state index >= 15 is 0 Å². The Hall–Kier alpha value is -0.970. The number of hydrogen-bond donors (Lipinski definition) is 2. The molecule has 0 bridgehead atoms. The summed E-state index contributed by atoms with van der Waals surface area (Å²) in [6, 6.07) is 5.63. The minimum absolute atomic E-state index is 0. The highest BCUT2D eigenvalue weighted by atomic mass is 35.5. The lowest BCUT2D eigenvalue weighted by Gasteiger charge is -2.14. The van der Waals surface area contributed by atoms with Gasteiger partial charge in [-0.25, -0.2) is 0 Å². The Morgan fingerprint density at radius 3 is 2.31 bits per heavy atom. The highest BCUT2D eigenvalue weighted by Gasteiger charge is 2.09. The number of halogens is 1. The third-order valence-corrected chi connectivity index (χ3v) is 2.31. The maximum absolute atomic E-state index is 5.94. The largest absolute Gasteiger partial charge is 0.493 e. The Labute approximate surface area is 102 Å². The first-order valence-corrected chi connectivity index (χ1v) is 4.90. The zero-order chi connectivity index (χ0) is 11.3.